The van der Waals surface area contributed by atoms with Gasteiger partial charge in [0.15, 0.2) is 0 Å². The van der Waals surface area contributed by atoms with Crippen molar-refractivity contribution in [2.24, 2.45) is 5.41 Å². The molecule has 1 atom stereocenters. The fraction of sp³-hybridized carbons (Fsp3) is 0.526. The molecule has 6 nitrogen and oxygen atoms in total. The standard InChI is InChI=1S/C19H26N2O4/c1-15(22)20(13-16-7-4-3-5-8-16)12-9-17(23)21-11-6-10-19(2,14-21)18(24)25/h3-5,7-8H,6,9-14H2,1-2H3,(H,24,25). The molecular formula is C19H26N2O4. The fourth-order valence-corrected chi connectivity index (χ4v) is 3.17. The number of benzene rings is 1. The Kier molecular flexibility index (Phi) is 6.17. The zero-order valence-corrected chi connectivity index (χ0v) is 14.9. The molecule has 1 unspecified atom stereocenters. The zero-order valence-electron chi connectivity index (χ0n) is 14.9. The molecule has 0 bridgehead atoms. The molecule has 136 valence electrons. The summed E-state index contributed by atoms with van der Waals surface area (Å²) < 4.78 is 0. The van der Waals surface area contributed by atoms with E-state index in [-0.39, 0.29) is 24.8 Å². The summed E-state index contributed by atoms with van der Waals surface area (Å²) in [7, 11) is 0. The molecule has 1 fully saturated rings. The van der Waals surface area contributed by atoms with E-state index in [1.165, 1.54) is 6.92 Å². The van der Waals surface area contributed by atoms with Crippen LogP contribution in [0.1, 0.15) is 38.7 Å². The van der Waals surface area contributed by atoms with E-state index in [1.807, 2.05) is 30.3 Å². The van der Waals surface area contributed by atoms with Gasteiger partial charge in [0.2, 0.25) is 11.8 Å². The molecule has 0 saturated carbocycles. The second kappa shape index (κ2) is 8.14. The van der Waals surface area contributed by atoms with E-state index in [9.17, 15) is 19.5 Å². The van der Waals surface area contributed by atoms with Crippen LogP contribution in [0.15, 0.2) is 30.3 Å². The van der Waals surface area contributed by atoms with Gasteiger partial charge in [0.1, 0.15) is 0 Å². The van der Waals surface area contributed by atoms with Crippen LogP contribution in [0, 0.1) is 5.41 Å². The maximum atomic E-state index is 12.5. The Bertz CT molecular complexity index is 632. The summed E-state index contributed by atoms with van der Waals surface area (Å²) in [6, 6.07) is 9.64. The first-order chi connectivity index (χ1) is 11.8. The first-order valence-electron chi connectivity index (χ1n) is 8.62. The van der Waals surface area contributed by atoms with Gasteiger partial charge >= 0.3 is 5.97 Å². The van der Waals surface area contributed by atoms with Gasteiger partial charge < -0.3 is 14.9 Å². The molecule has 25 heavy (non-hydrogen) atoms. The maximum Gasteiger partial charge on any atom is 0.311 e. The largest absolute Gasteiger partial charge is 0.481 e. The third kappa shape index (κ3) is 5.05. The van der Waals surface area contributed by atoms with Crippen molar-refractivity contribution in [1.29, 1.82) is 0 Å². The highest BCUT2D eigenvalue weighted by Gasteiger charge is 2.39. The van der Waals surface area contributed by atoms with Gasteiger partial charge in [-0.2, -0.15) is 0 Å². The molecule has 0 aromatic heterocycles. The van der Waals surface area contributed by atoms with Gasteiger partial charge in [-0.3, -0.25) is 14.4 Å². The molecule has 1 aliphatic rings. The van der Waals surface area contributed by atoms with E-state index in [2.05, 4.69) is 0 Å². The lowest BCUT2D eigenvalue weighted by Gasteiger charge is -2.37. The van der Waals surface area contributed by atoms with Gasteiger partial charge in [-0.25, -0.2) is 0 Å². The van der Waals surface area contributed by atoms with Crippen molar-refractivity contribution in [2.45, 2.75) is 39.7 Å². The Morgan fingerprint density at radius 2 is 1.92 bits per heavy atom. The van der Waals surface area contributed by atoms with Crippen molar-refractivity contribution in [3.8, 4) is 0 Å². The van der Waals surface area contributed by atoms with E-state index >= 15 is 0 Å². The molecule has 1 N–H and O–H groups in total. The van der Waals surface area contributed by atoms with Crippen LogP contribution in [0.2, 0.25) is 0 Å². The minimum atomic E-state index is -0.877. The van der Waals surface area contributed by atoms with Gasteiger partial charge in [-0.05, 0) is 25.3 Å². The van der Waals surface area contributed by atoms with Crippen molar-refractivity contribution >= 4 is 17.8 Å². The molecule has 2 amide bonds. The summed E-state index contributed by atoms with van der Waals surface area (Å²) in [6.45, 7) is 4.81. The van der Waals surface area contributed by atoms with Gasteiger partial charge in [0.25, 0.3) is 0 Å². The summed E-state index contributed by atoms with van der Waals surface area (Å²) in [5.41, 5.74) is 0.139. The third-order valence-corrected chi connectivity index (χ3v) is 4.82. The van der Waals surface area contributed by atoms with Crippen LogP contribution in [-0.4, -0.2) is 52.3 Å². The summed E-state index contributed by atoms with van der Waals surface area (Å²) in [5, 5.41) is 9.36. The number of carboxylic acids is 1. The summed E-state index contributed by atoms with van der Waals surface area (Å²) in [5.74, 6) is -1.03. The van der Waals surface area contributed by atoms with Crippen molar-refractivity contribution in [2.75, 3.05) is 19.6 Å². The van der Waals surface area contributed by atoms with Crippen molar-refractivity contribution in [3.05, 3.63) is 35.9 Å². The Hall–Kier alpha value is -2.37. The van der Waals surface area contributed by atoms with E-state index in [0.717, 1.165) is 5.56 Å². The molecule has 6 heteroatoms. The van der Waals surface area contributed by atoms with Crippen LogP contribution < -0.4 is 0 Å². The molecule has 1 aromatic rings. The van der Waals surface area contributed by atoms with Crippen molar-refractivity contribution in [3.63, 3.8) is 0 Å². The van der Waals surface area contributed by atoms with E-state index in [1.54, 1.807) is 16.7 Å². The highest BCUT2D eigenvalue weighted by atomic mass is 16.4. The predicted octanol–water partition coefficient (Wildman–Crippen LogP) is 2.14. The van der Waals surface area contributed by atoms with E-state index in [4.69, 9.17) is 0 Å². The predicted molar refractivity (Wildman–Crippen MR) is 93.7 cm³/mol. The normalized spacial score (nSPS) is 20.2. The fourth-order valence-electron chi connectivity index (χ4n) is 3.17. The minimum Gasteiger partial charge on any atom is -0.481 e. The highest BCUT2D eigenvalue weighted by molar-refractivity contribution is 5.80. The number of carboxylic acid groups (broad SMARTS) is 1. The average molecular weight is 346 g/mol. The average Bonchev–Trinajstić information content (AvgIpc) is 2.59. The SMILES string of the molecule is CC(=O)N(CCC(=O)N1CCCC(C)(C(=O)O)C1)Cc1ccccc1. The van der Waals surface area contributed by atoms with Crippen LogP contribution in [0.3, 0.4) is 0 Å². The molecule has 1 aliphatic heterocycles. The molecule has 1 heterocycles. The van der Waals surface area contributed by atoms with Crippen LogP contribution in [-0.2, 0) is 20.9 Å². The van der Waals surface area contributed by atoms with Gasteiger partial charge in [-0.1, -0.05) is 30.3 Å². The lowest BCUT2D eigenvalue weighted by atomic mass is 9.82. The Morgan fingerprint density at radius 3 is 2.52 bits per heavy atom. The lowest BCUT2D eigenvalue weighted by Crippen LogP contribution is -2.49. The molecular weight excluding hydrogens is 320 g/mol. The maximum absolute atomic E-state index is 12.5. The summed E-state index contributed by atoms with van der Waals surface area (Å²) in [4.78, 5) is 39.0. The lowest BCUT2D eigenvalue weighted by molar-refractivity contribution is -0.153. The Balaban J connectivity index is 1.92. The summed E-state index contributed by atoms with van der Waals surface area (Å²) in [6.07, 6.45) is 1.48. The van der Waals surface area contributed by atoms with Gasteiger partial charge in [0.05, 0.1) is 5.41 Å². The topological polar surface area (TPSA) is 77.9 Å². The summed E-state index contributed by atoms with van der Waals surface area (Å²) >= 11 is 0. The number of carbonyl (C=O) groups excluding carboxylic acids is 2. The Labute approximate surface area is 148 Å². The highest BCUT2D eigenvalue weighted by Crippen LogP contribution is 2.30. The second-order valence-corrected chi connectivity index (χ2v) is 6.96. The van der Waals surface area contributed by atoms with Gasteiger partial charge in [-0.15, -0.1) is 0 Å². The number of hydrogen-bond donors (Lipinski definition) is 1. The number of nitrogens with zero attached hydrogens (tertiary/aromatic N) is 2. The van der Waals surface area contributed by atoms with Crippen LogP contribution in [0.4, 0.5) is 0 Å². The van der Waals surface area contributed by atoms with Crippen LogP contribution in [0.5, 0.6) is 0 Å². The zero-order chi connectivity index (χ0) is 18.4. The molecule has 0 spiro atoms. The number of hydrogen-bond acceptors (Lipinski definition) is 3. The molecule has 1 aromatic carbocycles. The third-order valence-electron chi connectivity index (χ3n) is 4.82. The second-order valence-electron chi connectivity index (χ2n) is 6.96. The number of likely N-dealkylation sites (tertiary alicyclic amines) is 1. The van der Waals surface area contributed by atoms with E-state index < -0.39 is 11.4 Å². The number of rotatable bonds is 6. The van der Waals surface area contributed by atoms with Crippen molar-refractivity contribution in [1.82, 2.24) is 9.80 Å². The number of piperidine rings is 1. The number of carbonyl (C=O) groups is 3. The Morgan fingerprint density at radius 1 is 1.24 bits per heavy atom. The first-order valence-corrected chi connectivity index (χ1v) is 8.62. The first kappa shape index (κ1) is 19.0. The number of aliphatic carboxylic acids is 1. The molecule has 1 saturated heterocycles. The van der Waals surface area contributed by atoms with Gasteiger partial charge in [0, 0.05) is 39.5 Å². The molecule has 2 rings (SSSR count). The molecule has 0 radical (unpaired) electrons. The quantitative estimate of drug-likeness (QED) is 0.856. The van der Waals surface area contributed by atoms with Crippen LogP contribution >= 0.6 is 0 Å². The molecule has 0 aliphatic carbocycles. The minimum absolute atomic E-state index is 0.0781. The number of amides is 2. The smallest absolute Gasteiger partial charge is 0.311 e. The monoisotopic (exact) mass is 346 g/mol. The van der Waals surface area contributed by atoms with E-state index in [0.29, 0.717) is 32.5 Å². The van der Waals surface area contributed by atoms with Crippen LogP contribution in [0.25, 0.3) is 0 Å². The van der Waals surface area contributed by atoms with Crippen molar-refractivity contribution < 1.29 is 19.5 Å².